The molecule has 2 aromatic carbocycles. The van der Waals surface area contributed by atoms with E-state index in [2.05, 4.69) is 0 Å². The van der Waals surface area contributed by atoms with Gasteiger partial charge in [0.1, 0.15) is 5.75 Å². The SMILES string of the molecule is COc1cc(C(=O)O)ccc1-c1ccccc1C=O. The minimum absolute atomic E-state index is 0.143. The quantitative estimate of drug-likeness (QED) is 0.854. The van der Waals surface area contributed by atoms with Gasteiger partial charge in [0.25, 0.3) is 0 Å². The second kappa shape index (κ2) is 5.35. The Morgan fingerprint density at radius 1 is 1.16 bits per heavy atom. The molecule has 19 heavy (non-hydrogen) atoms. The molecule has 0 saturated heterocycles. The number of rotatable bonds is 4. The van der Waals surface area contributed by atoms with Crippen molar-refractivity contribution in [2.45, 2.75) is 0 Å². The minimum Gasteiger partial charge on any atom is -0.496 e. The van der Waals surface area contributed by atoms with Crippen molar-refractivity contribution in [3.8, 4) is 16.9 Å². The van der Waals surface area contributed by atoms with Crippen molar-refractivity contribution in [3.05, 3.63) is 53.6 Å². The van der Waals surface area contributed by atoms with Gasteiger partial charge in [0.2, 0.25) is 0 Å². The van der Waals surface area contributed by atoms with E-state index in [1.165, 1.54) is 19.2 Å². The van der Waals surface area contributed by atoms with Crippen molar-refractivity contribution in [2.75, 3.05) is 7.11 Å². The summed E-state index contributed by atoms with van der Waals surface area (Å²) < 4.78 is 5.21. The number of ether oxygens (including phenoxy) is 1. The van der Waals surface area contributed by atoms with Crippen LogP contribution in [0, 0.1) is 0 Å². The highest BCUT2D eigenvalue weighted by Crippen LogP contribution is 2.32. The van der Waals surface area contributed by atoms with E-state index in [1.807, 2.05) is 6.07 Å². The highest BCUT2D eigenvalue weighted by atomic mass is 16.5. The Balaban J connectivity index is 2.62. The Labute approximate surface area is 110 Å². The van der Waals surface area contributed by atoms with Gasteiger partial charge >= 0.3 is 5.97 Å². The Morgan fingerprint density at radius 3 is 2.53 bits per heavy atom. The number of hydrogen-bond donors (Lipinski definition) is 1. The predicted molar refractivity (Wildman–Crippen MR) is 70.8 cm³/mol. The molecular formula is C15H12O4. The van der Waals surface area contributed by atoms with Crippen molar-refractivity contribution in [3.63, 3.8) is 0 Å². The molecule has 2 aromatic rings. The van der Waals surface area contributed by atoms with Crippen LogP contribution in [0.5, 0.6) is 5.75 Å². The van der Waals surface area contributed by atoms with Crippen LogP contribution in [0.4, 0.5) is 0 Å². The van der Waals surface area contributed by atoms with Crippen molar-refractivity contribution < 1.29 is 19.4 Å². The zero-order valence-corrected chi connectivity index (χ0v) is 10.3. The molecule has 0 unspecified atom stereocenters. The number of carbonyl (C=O) groups is 2. The fraction of sp³-hybridized carbons (Fsp3) is 0.0667. The molecule has 96 valence electrons. The zero-order valence-electron chi connectivity index (χ0n) is 10.3. The Kier molecular flexibility index (Phi) is 3.61. The summed E-state index contributed by atoms with van der Waals surface area (Å²) in [6, 6.07) is 11.7. The molecule has 0 aliphatic heterocycles. The van der Waals surface area contributed by atoms with E-state index in [-0.39, 0.29) is 5.56 Å². The molecule has 4 heteroatoms. The predicted octanol–water partition coefficient (Wildman–Crippen LogP) is 2.87. The van der Waals surface area contributed by atoms with Gasteiger partial charge in [-0.25, -0.2) is 4.79 Å². The molecule has 0 atom stereocenters. The first-order valence-corrected chi connectivity index (χ1v) is 5.63. The monoisotopic (exact) mass is 256 g/mol. The first-order valence-electron chi connectivity index (χ1n) is 5.63. The highest BCUT2D eigenvalue weighted by Gasteiger charge is 2.12. The van der Waals surface area contributed by atoms with Gasteiger partial charge in [0.15, 0.2) is 6.29 Å². The molecule has 0 fully saturated rings. The second-order valence-electron chi connectivity index (χ2n) is 3.93. The van der Waals surface area contributed by atoms with E-state index in [0.717, 1.165) is 6.29 Å². The van der Waals surface area contributed by atoms with E-state index >= 15 is 0 Å². The van der Waals surface area contributed by atoms with E-state index in [0.29, 0.717) is 22.4 Å². The Hall–Kier alpha value is -2.62. The van der Waals surface area contributed by atoms with E-state index in [9.17, 15) is 9.59 Å². The lowest BCUT2D eigenvalue weighted by atomic mass is 9.98. The maximum absolute atomic E-state index is 11.0. The summed E-state index contributed by atoms with van der Waals surface area (Å²) in [4.78, 5) is 22.0. The fourth-order valence-electron chi connectivity index (χ4n) is 1.89. The van der Waals surface area contributed by atoms with E-state index < -0.39 is 5.97 Å². The zero-order chi connectivity index (χ0) is 13.8. The molecule has 0 radical (unpaired) electrons. The first-order chi connectivity index (χ1) is 9.17. The molecule has 0 amide bonds. The first kappa shape index (κ1) is 12.8. The molecule has 0 aliphatic rings. The largest absolute Gasteiger partial charge is 0.496 e. The van der Waals surface area contributed by atoms with Gasteiger partial charge in [-0.3, -0.25) is 4.79 Å². The van der Waals surface area contributed by atoms with Crippen LogP contribution in [-0.4, -0.2) is 24.5 Å². The number of aromatic carboxylic acids is 1. The summed E-state index contributed by atoms with van der Waals surface area (Å²) in [5.74, 6) is -0.595. The number of carboxylic acids is 1. The normalized spacial score (nSPS) is 9.95. The molecule has 0 heterocycles. The highest BCUT2D eigenvalue weighted by molar-refractivity contribution is 5.92. The molecule has 2 rings (SSSR count). The molecule has 0 spiro atoms. The Morgan fingerprint density at radius 2 is 1.89 bits per heavy atom. The van der Waals surface area contributed by atoms with Crippen LogP contribution >= 0.6 is 0 Å². The maximum atomic E-state index is 11.0. The van der Waals surface area contributed by atoms with E-state index in [4.69, 9.17) is 9.84 Å². The van der Waals surface area contributed by atoms with Gasteiger partial charge < -0.3 is 9.84 Å². The number of carboxylic acid groups (broad SMARTS) is 1. The van der Waals surface area contributed by atoms with Crippen LogP contribution in [0.25, 0.3) is 11.1 Å². The summed E-state index contributed by atoms with van der Waals surface area (Å²) in [6.45, 7) is 0. The van der Waals surface area contributed by atoms with Gasteiger partial charge in [-0.1, -0.05) is 24.3 Å². The molecule has 1 N–H and O–H groups in total. The summed E-state index contributed by atoms with van der Waals surface area (Å²) in [6.07, 6.45) is 0.764. The van der Waals surface area contributed by atoms with Gasteiger partial charge in [0, 0.05) is 11.1 Å². The van der Waals surface area contributed by atoms with Crippen LogP contribution in [-0.2, 0) is 0 Å². The number of carbonyl (C=O) groups excluding carboxylic acids is 1. The van der Waals surface area contributed by atoms with Crippen molar-refractivity contribution >= 4 is 12.3 Å². The average molecular weight is 256 g/mol. The van der Waals surface area contributed by atoms with Crippen molar-refractivity contribution in [1.82, 2.24) is 0 Å². The number of benzene rings is 2. The average Bonchev–Trinajstić information content (AvgIpc) is 2.46. The molecule has 4 nitrogen and oxygen atoms in total. The summed E-state index contributed by atoms with van der Waals surface area (Å²) in [5, 5.41) is 8.96. The molecule has 0 saturated carbocycles. The number of hydrogen-bond acceptors (Lipinski definition) is 3. The van der Waals surface area contributed by atoms with E-state index in [1.54, 1.807) is 24.3 Å². The van der Waals surface area contributed by atoms with Crippen LogP contribution in [0.3, 0.4) is 0 Å². The lowest BCUT2D eigenvalue weighted by molar-refractivity contribution is 0.0696. The standard InChI is InChI=1S/C15H12O4/c1-19-14-8-10(15(17)18)6-7-13(14)12-5-3-2-4-11(12)9-16/h2-9H,1H3,(H,17,18). The number of aldehydes is 1. The smallest absolute Gasteiger partial charge is 0.335 e. The fourth-order valence-corrected chi connectivity index (χ4v) is 1.89. The van der Waals surface area contributed by atoms with Gasteiger partial charge in [-0.2, -0.15) is 0 Å². The summed E-state index contributed by atoms with van der Waals surface area (Å²) >= 11 is 0. The van der Waals surface area contributed by atoms with Crippen molar-refractivity contribution in [1.29, 1.82) is 0 Å². The third-order valence-corrected chi connectivity index (χ3v) is 2.83. The molecule has 0 bridgehead atoms. The van der Waals surface area contributed by atoms with Crippen LogP contribution in [0.1, 0.15) is 20.7 Å². The summed E-state index contributed by atoms with van der Waals surface area (Å²) in [5.41, 5.74) is 2.08. The lowest BCUT2D eigenvalue weighted by Gasteiger charge is -2.11. The van der Waals surface area contributed by atoms with Gasteiger partial charge in [-0.05, 0) is 23.8 Å². The maximum Gasteiger partial charge on any atom is 0.335 e. The Bertz CT molecular complexity index is 632. The topological polar surface area (TPSA) is 63.6 Å². The minimum atomic E-state index is -1.02. The second-order valence-corrected chi connectivity index (χ2v) is 3.93. The summed E-state index contributed by atoms with van der Waals surface area (Å²) in [7, 11) is 1.47. The van der Waals surface area contributed by atoms with Crippen LogP contribution in [0.2, 0.25) is 0 Å². The molecular weight excluding hydrogens is 244 g/mol. The molecule has 0 aromatic heterocycles. The third-order valence-electron chi connectivity index (χ3n) is 2.83. The van der Waals surface area contributed by atoms with Gasteiger partial charge in [0.05, 0.1) is 12.7 Å². The third kappa shape index (κ3) is 2.47. The van der Waals surface area contributed by atoms with Gasteiger partial charge in [-0.15, -0.1) is 0 Å². The van der Waals surface area contributed by atoms with Crippen molar-refractivity contribution in [2.24, 2.45) is 0 Å². The number of methoxy groups -OCH3 is 1. The van der Waals surface area contributed by atoms with Crippen LogP contribution < -0.4 is 4.74 Å². The van der Waals surface area contributed by atoms with Crippen LogP contribution in [0.15, 0.2) is 42.5 Å². The lowest BCUT2D eigenvalue weighted by Crippen LogP contribution is -1.98. The molecule has 0 aliphatic carbocycles.